The summed E-state index contributed by atoms with van der Waals surface area (Å²) in [5.41, 5.74) is 6.59. The van der Waals surface area contributed by atoms with Crippen LogP contribution in [0.4, 0.5) is 16.2 Å². The van der Waals surface area contributed by atoms with Gasteiger partial charge in [-0.25, -0.2) is 4.79 Å². The van der Waals surface area contributed by atoms with Crippen LogP contribution < -0.4 is 15.5 Å². The molecule has 2 aliphatic rings. The zero-order chi connectivity index (χ0) is 15.0. The highest BCUT2D eigenvalue weighted by Gasteiger charge is 2.34. The number of primary amides is 1. The zero-order valence-corrected chi connectivity index (χ0v) is 11.3. The molecule has 3 rings (SSSR count). The molecular formula is C14H15N3O4. The molecule has 0 aromatic heterocycles. The average molecular weight is 289 g/mol. The molecule has 0 aliphatic carbocycles. The second-order valence-electron chi connectivity index (χ2n) is 5.09. The van der Waals surface area contributed by atoms with E-state index in [4.69, 9.17) is 10.5 Å². The van der Waals surface area contributed by atoms with Crippen molar-refractivity contribution >= 4 is 29.3 Å². The maximum Gasteiger partial charge on any atom is 0.414 e. The number of carbonyl (C=O) groups excluding carboxylic acids is 3. The van der Waals surface area contributed by atoms with Gasteiger partial charge in [-0.1, -0.05) is 6.07 Å². The quantitative estimate of drug-likeness (QED) is 0.876. The number of carbonyl (C=O) groups is 3. The molecule has 2 saturated heterocycles. The summed E-state index contributed by atoms with van der Waals surface area (Å²) in [7, 11) is 0. The number of hydrogen-bond donors (Lipinski definition) is 1. The van der Waals surface area contributed by atoms with Gasteiger partial charge >= 0.3 is 6.09 Å². The third-order valence-electron chi connectivity index (χ3n) is 3.74. The van der Waals surface area contributed by atoms with Gasteiger partial charge in [0.2, 0.25) is 11.8 Å². The first-order valence-corrected chi connectivity index (χ1v) is 6.70. The molecule has 1 atom stereocenters. The Morgan fingerprint density at radius 2 is 1.95 bits per heavy atom. The van der Waals surface area contributed by atoms with Gasteiger partial charge in [0.05, 0.1) is 12.5 Å². The van der Waals surface area contributed by atoms with Crippen molar-refractivity contribution < 1.29 is 19.1 Å². The maximum absolute atomic E-state index is 12.0. The number of ether oxygens (including phenoxy) is 1. The van der Waals surface area contributed by atoms with E-state index in [1.807, 2.05) is 0 Å². The molecule has 0 saturated carbocycles. The molecule has 2 N–H and O–H groups in total. The van der Waals surface area contributed by atoms with Crippen LogP contribution in [0.15, 0.2) is 24.3 Å². The first-order valence-electron chi connectivity index (χ1n) is 6.70. The van der Waals surface area contributed by atoms with Crippen LogP contribution in [0.25, 0.3) is 0 Å². The fourth-order valence-corrected chi connectivity index (χ4v) is 2.60. The Morgan fingerprint density at radius 1 is 1.24 bits per heavy atom. The summed E-state index contributed by atoms with van der Waals surface area (Å²) < 4.78 is 4.90. The van der Waals surface area contributed by atoms with Crippen LogP contribution in [-0.2, 0) is 14.3 Å². The van der Waals surface area contributed by atoms with E-state index in [0.29, 0.717) is 24.5 Å². The van der Waals surface area contributed by atoms with Crippen LogP contribution >= 0.6 is 0 Å². The molecule has 2 aliphatic heterocycles. The summed E-state index contributed by atoms with van der Waals surface area (Å²) in [6, 6.07) is 7.06. The van der Waals surface area contributed by atoms with Gasteiger partial charge in [0.15, 0.2) is 0 Å². The fraction of sp³-hybridized carbons (Fsp3) is 0.357. The highest BCUT2D eigenvalue weighted by molar-refractivity contribution is 6.00. The van der Waals surface area contributed by atoms with Gasteiger partial charge in [-0.05, 0) is 18.2 Å². The predicted octanol–water partition coefficient (Wildman–Crippen LogP) is 0.481. The smallest absolute Gasteiger partial charge is 0.414 e. The van der Waals surface area contributed by atoms with E-state index >= 15 is 0 Å². The van der Waals surface area contributed by atoms with E-state index in [1.165, 1.54) is 9.80 Å². The summed E-state index contributed by atoms with van der Waals surface area (Å²) in [6.07, 6.45) is -0.263. The van der Waals surface area contributed by atoms with Crippen LogP contribution in [0.5, 0.6) is 0 Å². The first-order chi connectivity index (χ1) is 10.1. The number of nitrogens with two attached hydrogens (primary N) is 1. The van der Waals surface area contributed by atoms with Gasteiger partial charge in [-0.3, -0.25) is 14.5 Å². The van der Waals surface area contributed by atoms with Gasteiger partial charge in [0, 0.05) is 24.3 Å². The van der Waals surface area contributed by atoms with E-state index in [0.717, 1.165) is 0 Å². The molecule has 2 fully saturated rings. The minimum absolute atomic E-state index is 0.130. The number of cyclic esters (lactones) is 1. The number of hydrogen-bond acceptors (Lipinski definition) is 4. The standard InChI is InChI=1S/C14H15N3O4/c15-13(19)9-6-12(18)17(8-9)11-3-1-2-10(7-11)16-4-5-21-14(16)20/h1-3,7,9H,4-6,8H2,(H2,15,19). The van der Waals surface area contributed by atoms with Gasteiger partial charge < -0.3 is 15.4 Å². The van der Waals surface area contributed by atoms with Crippen molar-refractivity contribution in [2.24, 2.45) is 11.7 Å². The lowest BCUT2D eigenvalue weighted by molar-refractivity contribution is -0.123. The van der Waals surface area contributed by atoms with Crippen molar-refractivity contribution in [3.8, 4) is 0 Å². The van der Waals surface area contributed by atoms with Crippen LogP contribution in [0, 0.1) is 5.92 Å². The molecule has 21 heavy (non-hydrogen) atoms. The molecule has 110 valence electrons. The Kier molecular flexibility index (Phi) is 3.25. The Bertz CT molecular complexity index is 616. The number of rotatable bonds is 3. The lowest BCUT2D eigenvalue weighted by atomic mass is 10.1. The Labute approximate surface area is 121 Å². The molecule has 0 radical (unpaired) electrons. The number of amides is 3. The lowest BCUT2D eigenvalue weighted by Crippen LogP contribution is -2.29. The van der Waals surface area contributed by atoms with Crippen LogP contribution in [0.2, 0.25) is 0 Å². The summed E-state index contributed by atoms with van der Waals surface area (Å²) in [4.78, 5) is 37.8. The third-order valence-corrected chi connectivity index (χ3v) is 3.74. The minimum atomic E-state index is -0.467. The summed E-state index contributed by atoms with van der Waals surface area (Å²) in [5, 5.41) is 0. The van der Waals surface area contributed by atoms with Crippen LogP contribution in [0.1, 0.15) is 6.42 Å². The highest BCUT2D eigenvalue weighted by atomic mass is 16.6. The summed E-state index contributed by atoms with van der Waals surface area (Å²) in [5.74, 6) is -1.07. The molecule has 3 amide bonds. The zero-order valence-electron chi connectivity index (χ0n) is 11.3. The molecule has 0 bridgehead atoms. The van der Waals surface area contributed by atoms with Gasteiger partial charge in [-0.15, -0.1) is 0 Å². The largest absolute Gasteiger partial charge is 0.447 e. The molecule has 0 spiro atoms. The Morgan fingerprint density at radius 3 is 2.52 bits per heavy atom. The second kappa shape index (κ2) is 5.08. The van der Waals surface area contributed by atoms with Crippen LogP contribution in [0.3, 0.4) is 0 Å². The number of nitrogens with zero attached hydrogens (tertiary/aromatic N) is 2. The molecule has 7 heteroatoms. The van der Waals surface area contributed by atoms with Gasteiger partial charge in [0.25, 0.3) is 0 Å². The van der Waals surface area contributed by atoms with E-state index in [2.05, 4.69) is 0 Å². The van der Waals surface area contributed by atoms with E-state index in [-0.39, 0.29) is 18.9 Å². The predicted molar refractivity (Wildman–Crippen MR) is 74.8 cm³/mol. The van der Waals surface area contributed by atoms with Gasteiger partial charge in [-0.2, -0.15) is 0 Å². The highest BCUT2D eigenvalue weighted by Crippen LogP contribution is 2.29. The van der Waals surface area contributed by atoms with Gasteiger partial charge in [0.1, 0.15) is 6.61 Å². The molecular weight excluding hydrogens is 274 g/mol. The van der Waals surface area contributed by atoms with Crippen molar-refractivity contribution in [1.29, 1.82) is 0 Å². The molecule has 2 heterocycles. The minimum Gasteiger partial charge on any atom is -0.447 e. The number of anilines is 2. The van der Waals surface area contributed by atoms with E-state index in [1.54, 1.807) is 24.3 Å². The first kappa shape index (κ1) is 13.4. The van der Waals surface area contributed by atoms with Crippen molar-refractivity contribution in [2.75, 3.05) is 29.5 Å². The summed E-state index contributed by atoms with van der Waals surface area (Å²) in [6.45, 7) is 1.12. The van der Waals surface area contributed by atoms with E-state index in [9.17, 15) is 14.4 Å². The maximum atomic E-state index is 12.0. The van der Waals surface area contributed by atoms with Crippen molar-refractivity contribution in [2.45, 2.75) is 6.42 Å². The molecule has 1 aromatic rings. The lowest BCUT2D eigenvalue weighted by Gasteiger charge is -2.19. The van der Waals surface area contributed by atoms with Crippen molar-refractivity contribution in [1.82, 2.24) is 0 Å². The molecule has 7 nitrogen and oxygen atoms in total. The third kappa shape index (κ3) is 2.42. The molecule has 1 unspecified atom stereocenters. The van der Waals surface area contributed by atoms with Crippen LogP contribution in [-0.4, -0.2) is 37.6 Å². The monoisotopic (exact) mass is 289 g/mol. The second-order valence-corrected chi connectivity index (χ2v) is 5.09. The van der Waals surface area contributed by atoms with Crippen molar-refractivity contribution in [3.63, 3.8) is 0 Å². The Hall–Kier alpha value is -2.57. The normalized spacial score (nSPS) is 21.8. The fourth-order valence-electron chi connectivity index (χ4n) is 2.60. The van der Waals surface area contributed by atoms with E-state index < -0.39 is 17.9 Å². The Balaban J connectivity index is 1.85. The molecule has 1 aromatic carbocycles. The SMILES string of the molecule is NC(=O)C1CC(=O)N(c2cccc(N3CCOC3=O)c2)C1. The number of benzene rings is 1. The van der Waals surface area contributed by atoms with Crippen molar-refractivity contribution in [3.05, 3.63) is 24.3 Å². The average Bonchev–Trinajstić information content (AvgIpc) is 3.05. The topological polar surface area (TPSA) is 92.9 Å². The summed E-state index contributed by atoms with van der Waals surface area (Å²) >= 11 is 0.